The smallest absolute Gasteiger partial charge is 0.305 e. The van der Waals surface area contributed by atoms with Crippen molar-refractivity contribution in [2.45, 2.75) is 83.3 Å². The van der Waals surface area contributed by atoms with Gasteiger partial charge in [-0.3, -0.25) is 9.59 Å². The summed E-state index contributed by atoms with van der Waals surface area (Å²) in [7, 11) is 1.39. The van der Waals surface area contributed by atoms with E-state index in [1.807, 2.05) is 6.92 Å². The number of Topliss-reactive ketones (excluding diaryl/α,β-unsaturated/α-hetero) is 1. The summed E-state index contributed by atoms with van der Waals surface area (Å²) in [4.78, 5) is 23.5. The van der Waals surface area contributed by atoms with E-state index in [0.717, 1.165) is 31.2 Å². The lowest BCUT2D eigenvalue weighted by Crippen LogP contribution is -2.25. The van der Waals surface area contributed by atoms with E-state index in [1.165, 1.54) is 12.7 Å². The summed E-state index contributed by atoms with van der Waals surface area (Å²) in [5, 5.41) is 21.0. The minimum atomic E-state index is -1.17. The lowest BCUT2D eigenvalue weighted by Gasteiger charge is -2.19. The third-order valence-electron chi connectivity index (χ3n) is 6.07. The molecule has 31 heavy (non-hydrogen) atoms. The first-order valence-electron chi connectivity index (χ1n) is 11.3. The second-order valence-electron chi connectivity index (χ2n) is 8.93. The molecule has 2 N–H and O–H groups in total. The third-order valence-corrected chi connectivity index (χ3v) is 6.07. The van der Waals surface area contributed by atoms with E-state index < -0.39 is 17.6 Å². The molecule has 0 unspecified atom stereocenters. The third kappa shape index (κ3) is 8.47. The number of methoxy groups -OCH3 is 1. The fourth-order valence-electron chi connectivity index (χ4n) is 4.02. The summed E-state index contributed by atoms with van der Waals surface area (Å²) < 4.78 is 4.63. The Bertz CT molecular complexity index is 784. The van der Waals surface area contributed by atoms with Crippen molar-refractivity contribution in [3.63, 3.8) is 0 Å². The van der Waals surface area contributed by atoms with Gasteiger partial charge in [-0.25, -0.2) is 0 Å². The van der Waals surface area contributed by atoms with E-state index in [4.69, 9.17) is 0 Å². The van der Waals surface area contributed by atoms with Gasteiger partial charge >= 0.3 is 5.97 Å². The number of aliphatic hydroxyl groups is 2. The highest BCUT2D eigenvalue weighted by atomic mass is 16.5. The molecule has 1 aromatic carbocycles. The zero-order valence-corrected chi connectivity index (χ0v) is 19.0. The number of carbonyl (C=O) groups excluding carboxylic acids is 2. The van der Waals surface area contributed by atoms with E-state index in [2.05, 4.69) is 40.8 Å². The molecule has 5 nitrogen and oxygen atoms in total. The van der Waals surface area contributed by atoms with Gasteiger partial charge in [-0.05, 0) is 45.1 Å². The second kappa shape index (κ2) is 12.0. The summed E-state index contributed by atoms with van der Waals surface area (Å²) in [6.45, 7) is 3.73. The largest absolute Gasteiger partial charge is 0.469 e. The number of unbranched alkanes of at least 4 members (excludes halogenated alkanes) is 3. The molecular formula is C26H36O5. The highest BCUT2D eigenvalue weighted by Gasteiger charge is 2.40. The van der Waals surface area contributed by atoms with Gasteiger partial charge in [0.1, 0.15) is 11.4 Å². The van der Waals surface area contributed by atoms with Crippen LogP contribution < -0.4 is 0 Å². The van der Waals surface area contributed by atoms with Gasteiger partial charge in [-0.2, -0.15) is 0 Å². The standard InChI is InChI=1S/C26H36O5/c1-19-10-12-20(13-11-19)14-16-26(2,30)17-15-22-21(23(27)18-24(22)28)8-6-4-5-7-9-25(29)31-3/h10-13,21-22,24,28,30H,4-9,14,16,18H2,1-3H3/t21-,22-,24+,26+/m1/s1. The van der Waals surface area contributed by atoms with Gasteiger partial charge in [0.05, 0.1) is 19.1 Å². The SMILES string of the molecule is COC(=O)CCCCCC[C@H]1C(=O)C[C@H](O)[C@@H]1C#C[C@@](C)(O)CCc1ccc(C)cc1. The van der Waals surface area contributed by atoms with Gasteiger partial charge in [0, 0.05) is 18.8 Å². The molecule has 0 spiro atoms. The molecule has 0 aliphatic heterocycles. The molecule has 5 heteroatoms. The maximum atomic E-state index is 12.4. The number of esters is 1. The van der Waals surface area contributed by atoms with E-state index in [0.29, 0.717) is 25.7 Å². The van der Waals surface area contributed by atoms with Crippen molar-refractivity contribution in [2.75, 3.05) is 7.11 Å². The monoisotopic (exact) mass is 428 g/mol. The van der Waals surface area contributed by atoms with Crippen LogP contribution in [-0.2, 0) is 20.7 Å². The highest BCUT2D eigenvalue weighted by molar-refractivity contribution is 5.85. The topological polar surface area (TPSA) is 83.8 Å². The molecule has 1 aliphatic carbocycles. The zero-order chi connectivity index (χ0) is 22.9. The Labute approximate surface area is 186 Å². The Morgan fingerprint density at radius 2 is 1.87 bits per heavy atom. The van der Waals surface area contributed by atoms with Crippen molar-refractivity contribution >= 4 is 11.8 Å². The van der Waals surface area contributed by atoms with E-state index in [9.17, 15) is 19.8 Å². The fourth-order valence-corrected chi connectivity index (χ4v) is 4.02. The van der Waals surface area contributed by atoms with Crippen LogP contribution >= 0.6 is 0 Å². The Morgan fingerprint density at radius 1 is 1.19 bits per heavy atom. The van der Waals surface area contributed by atoms with E-state index in [1.54, 1.807) is 6.92 Å². The second-order valence-corrected chi connectivity index (χ2v) is 8.93. The van der Waals surface area contributed by atoms with Crippen molar-refractivity contribution in [2.24, 2.45) is 11.8 Å². The molecule has 0 radical (unpaired) electrons. The van der Waals surface area contributed by atoms with Crippen LogP contribution in [0.15, 0.2) is 24.3 Å². The quantitative estimate of drug-likeness (QED) is 0.337. The first-order valence-corrected chi connectivity index (χ1v) is 11.3. The average molecular weight is 429 g/mol. The predicted octanol–water partition coefficient (Wildman–Crippen LogP) is 3.76. The number of aliphatic hydroxyl groups excluding tert-OH is 1. The van der Waals surface area contributed by atoms with E-state index >= 15 is 0 Å². The Hall–Kier alpha value is -2.16. The molecule has 0 saturated heterocycles. The average Bonchev–Trinajstić information content (AvgIpc) is 3.00. The van der Waals surface area contributed by atoms with Crippen molar-refractivity contribution in [3.05, 3.63) is 35.4 Å². The molecular weight excluding hydrogens is 392 g/mol. The minimum Gasteiger partial charge on any atom is -0.469 e. The molecule has 4 atom stereocenters. The molecule has 0 amide bonds. The van der Waals surface area contributed by atoms with Gasteiger partial charge in [0.25, 0.3) is 0 Å². The van der Waals surface area contributed by atoms with Crippen LogP contribution in [0.1, 0.15) is 69.4 Å². The molecule has 1 aliphatic rings. The number of hydrogen-bond donors (Lipinski definition) is 2. The minimum absolute atomic E-state index is 0.0562. The van der Waals surface area contributed by atoms with Crippen LogP contribution in [0.5, 0.6) is 0 Å². The van der Waals surface area contributed by atoms with Crippen LogP contribution in [0.3, 0.4) is 0 Å². The molecule has 0 bridgehead atoms. The van der Waals surface area contributed by atoms with Crippen LogP contribution in [0, 0.1) is 30.6 Å². The van der Waals surface area contributed by atoms with Crippen molar-refractivity contribution in [1.82, 2.24) is 0 Å². The van der Waals surface area contributed by atoms with Gasteiger partial charge in [0.2, 0.25) is 0 Å². The van der Waals surface area contributed by atoms with Crippen LogP contribution in [0.2, 0.25) is 0 Å². The Balaban J connectivity index is 1.86. The first-order chi connectivity index (χ1) is 14.7. The molecule has 0 aromatic heterocycles. The number of benzene rings is 1. The number of aryl methyl sites for hydroxylation is 2. The van der Waals surface area contributed by atoms with Crippen LogP contribution in [0.4, 0.5) is 0 Å². The fraction of sp³-hybridized carbons (Fsp3) is 0.615. The number of ketones is 1. The van der Waals surface area contributed by atoms with Crippen LogP contribution in [0.25, 0.3) is 0 Å². The van der Waals surface area contributed by atoms with E-state index in [-0.39, 0.29) is 24.1 Å². The summed E-state index contributed by atoms with van der Waals surface area (Å²) in [5.41, 5.74) is 1.17. The summed E-state index contributed by atoms with van der Waals surface area (Å²) in [6.07, 6.45) is 5.13. The first kappa shape index (κ1) is 25.1. The van der Waals surface area contributed by atoms with Crippen molar-refractivity contribution in [3.8, 4) is 11.8 Å². The summed E-state index contributed by atoms with van der Waals surface area (Å²) >= 11 is 0. The predicted molar refractivity (Wildman–Crippen MR) is 120 cm³/mol. The molecule has 0 heterocycles. The molecule has 2 rings (SSSR count). The van der Waals surface area contributed by atoms with Crippen LogP contribution in [-0.4, -0.2) is 40.8 Å². The summed E-state index contributed by atoms with van der Waals surface area (Å²) in [5.74, 6) is 5.13. The number of carbonyl (C=O) groups is 2. The Morgan fingerprint density at radius 3 is 2.55 bits per heavy atom. The molecule has 1 aromatic rings. The molecule has 1 saturated carbocycles. The normalized spacial score (nSPS) is 22.5. The Kier molecular flexibility index (Phi) is 9.74. The van der Waals surface area contributed by atoms with Gasteiger partial charge in [-0.1, -0.05) is 60.9 Å². The molecule has 170 valence electrons. The maximum Gasteiger partial charge on any atom is 0.305 e. The maximum absolute atomic E-state index is 12.4. The van der Waals surface area contributed by atoms with Gasteiger partial charge in [0.15, 0.2) is 0 Å². The van der Waals surface area contributed by atoms with Gasteiger partial charge in [-0.15, -0.1) is 0 Å². The highest BCUT2D eigenvalue weighted by Crippen LogP contribution is 2.33. The number of hydrogen-bond acceptors (Lipinski definition) is 5. The molecule has 1 fully saturated rings. The lowest BCUT2D eigenvalue weighted by molar-refractivity contribution is -0.140. The van der Waals surface area contributed by atoms with Crippen molar-refractivity contribution < 1.29 is 24.5 Å². The number of rotatable bonds is 10. The zero-order valence-electron chi connectivity index (χ0n) is 19.0. The summed E-state index contributed by atoms with van der Waals surface area (Å²) in [6, 6.07) is 8.21. The van der Waals surface area contributed by atoms with Gasteiger partial charge < -0.3 is 14.9 Å². The number of ether oxygens (including phenoxy) is 1. The lowest BCUT2D eigenvalue weighted by atomic mass is 9.88. The van der Waals surface area contributed by atoms with Crippen molar-refractivity contribution in [1.29, 1.82) is 0 Å².